The molecule has 0 amide bonds. The van der Waals surface area contributed by atoms with Gasteiger partial charge >= 0.3 is 0 Å². The predicted octanol–water partition coefficient (Wildman–Crippen LogP) is 13.0. The molecule has 2 nitrogen and oxygen atoms in total. The van der Waals surface area contributed by atoms with Gasteiger partial charge < -0.3 is 8.98 Å². The zero-order valence-corrected chi connectivity index (χ0v) is 27.4. The molecule has 0 N–H and O–H groups in total. The van der Waals surface area contributed by atoms with E-state index in [0.717, 1.165) is 27.6 Å². The van der Waals surface area contributed by atoms with Crippen molar-refractivity contribution < 1.29 is 4.42 Å². The minimum atomic E-state index is -0.0748. The Hall–Kier alpha value is -5.64. The fourth-order valence-corrected chi connectivity index (χ4v) is 9.81. The van der Waals surface area contributed by atoms with Crippen LogP contribution in [0.1, 0.15) is 25.0 Å². The quantitative estimate of drug-likeness (QED) is 0.186. The van der Waals surface area contributed by atoms with E-state index in [0.29, 0.717) is 0 Å². The van der Waals surface area contributed by atoms with Crippen molar-refractivity contribution >= 4 is 75.3 Å². The van der Waals surface area contributed by atoms with Gasteiger partial charge in [-0.2, -0.15) is 0 Å². The van der Waals surface area contributed by atoms with Crippen molar-refractivity contribution in [1.29, 1.82) is 0 Å². The molecule has 10 aromatic rings. The third-order valence-corrected chi connectivity index (χ3v) is 12.0. The highest BCUT2D eigenvalue weighted by atomic mass is 32.1. The number of hydrogen-bond acceptors (Lipinski definition) is 2. The van der Waals surface area contributed by atoms with Crippen LogP contribution >= 0.6 is 11.3 Å². The molecule has 226 valence electrons. The van der Waals surface area contributed by atoms with Gasteiger partial charge in [-0.05, 0) is 76.3 Å². The summed E-state index contributed by atoms with van der Waals surface area (Å²) < 4.78 is 11.6. The minimum absolute atomic E-state index is 0.0748. The highest BCUT2D eigenvalue weighted by molar-refractivity contribution is 7.26. The predicted molar refractivity (Wildman–Crippen MR) is 204 cm³/mol. The molecule has 1 aliphatic rings. The average Bonchev–Trinajstić information content (AvgIpc) is 3.84. The van der Waals surface area contributed by atoms with E-state index in [1.807, 2.05) is 11.3 Å². The van der Waals surface area contributed by atoms with Crippen molar-refractivity contribution in [2.75, 3.05) is 0 Å². The van der Waals surface area contributed by atoms with Crippen LogP contribution < -0.4 is 0 Å². The van der Waals surface area contributed by atoms with Crippen LogP contribution in [0.15, 0.2) is 144 Å². The standard InChI is InChI=1S/C45H29NOS/c1-45(2)36-17-6-3-11-27(36)33-24-34-28-12-4-7-18-38(28)46(39(34)25-37(33)45)26-21-22-40-35(23-26)43-30(14-10-19-41(43)47-40)32-16-9-15-31-29-13-5-8-20-42(29)48-44(31)32/h3-25H,1-2H3. The molecule has 0 aliphatic heterocycles. The Morgan fingerprint density at radius 3 is 2.19 bits per heavy atom. The number of fused-ring (bicyclic) bond motifs is 12. The van der Waals surface area contributed by atoms with Gasteiger partial charge in [-0.3, -0.25) is 0 Å². The summed E-state index contributed by atoms with van der Waals surface area (Å²) in [5.74, 6) is 0. The summed E-state index contributed by atoms with van der Waals surface area (Å²) in [6, 6.07) is 51.3. The number of hydrogen-bond donors (Lipinski definition) is 0. The Kier molecular flexibility index (Phi) is 5.09. The van der Waals surface area contributed by atoms with Crippen LogP contribution in [0, 0.1) is 0 Å². The van der Waals surface area contributed by atoms with Gasteiger partial charge in [0, 0.05) is 58.4 Å². The van der Waals surface area contributed by atoms with Gasteiger partial charge in [0.25, 0.3) is 0 Å². The van der Waals surface area contributed by atoms with Crippen molar-refractivity contribution in [3.8, 4) is 27.9 Å². The van der Waals surface area contributed by atoms with E-state index in [1.165, 1.54) is 75.4 Å². The van der Waals surface area contributed by atoms with E-state index < -0.39 is 0 Å². The molecule has 0 bridgehead atoms. The monoisotopic (exact) mass is 631 g/mol. The van der Waals surface area contributed by atoms with Crippen LogP contribution in [0.4, 0.5) is 0 Å². The lowest BCUT2D eigenvalue weighted by atomic mass is 9.82. The van der Waals surface area contributed by atoms with Gasteiger partial charge in [-0.15, -0.1) is 11.3 Å². The number of nitrogens with zero attached hydrogens (tertiary/aromatic N) is 1. The van der Waals surface area contributed by atoms with Crippen LogP contribution in [0.25, 0.3) is 91.9 Å². The number of para-hydroxylation sites is 1. The van der Waals surface area contributed by atoms with E-state index in [9.17, 15) is 0 Å². The smallest absolute Gasteiger partial charge is 0.136 e. The Labute approximate surface area is 281 Å². The molecule has 11 rings (SSSR count). The van der Waals surface area contributed by atoms with Crippen LogP contribution in [0.2, 0.25) is 0 Å². The van der Waals surface area contributed by atoms with Crippen LogP contribution in [0.3, 0.4) is 0 Å². The van der Waals surface area contributed by atoms with Gasteiger partial charge in [0.2, 0.25) is 0 Å². The molecule has 0 unspecified atom stereocenters. The second-order valence-electron chi connectivity index (χ2n) is 13.7. The SMILES string of the molecule is CC1(C)c2ccccc2-c2cc3c4ccccc4n(-c4ccc5oc6cccc(-c7cccc8c7sc7ccccc78)c6c5c4)c3cc21. The molecule has 0 fully saturated rings. The summed E-state index contributed by atoms with van der Waals surface area (Å²) in [4.78, 5) is 0. The maximum atomic E-state index is 6.55. The summed E-state index contributed by atoms with van der Waals surface area (Å²) in [6.45, 7) is 4.72. The number of aromatic nitrogens is 1. The van der Waals surface area contributed by atoms with Crippen molar-refractivity contribution in [1.82, 2.24) is 4.57 Å². The summed E-state index contributed by atoms with van der Waals surface area (Å²) >= 11 is 1.87. The van der Waals surface area contributed by atoms with Gasteiger partial charge in [-0.25, -0.2) is 0 Å². The Morgan fingerprint density at radius 1 is 0.500 bits per heavy atom. The summed E-state index contributed by atoms with van der Waals surface area (Å²) in [6.07, 6.45) is 0. The van der Waals surface area contributed by atoms with Gasteiger partial charge in [0.15, 0.2) is 0 Å². The Balaban J connectivity index is 1.19. The van der Waals surface area contributed by atoms with Gasteiger partial charge in [0.05, 0.1) is 11.0 Å². The maximum Gasteiger partial charge on any atom is 0.136 e. The first-order valence-corrected chi connectivity index (χ1v) is 17.4. The minimum Gasteiger partial charge on any atom is -0.456 e. The molecule has 0 radical (unpaired) electrons. The summed E-state index contributed by atoms with van der Waals surface area (Å²) in [5, 5.41) is 7.47. The maximum absolute atomic E-state index is 6.55. The van der Waals surface area contributed by atoms with Crippen LogP contribution in [-0.4, -0.2) is 4.57 Å². The average molecular weight is 632 g/mol. The molecule has 0 saturated carbocycles. The first-order chi connectivity index (χ1) is 23.6. The second kappa shape index (κ2) is 9.25. The van der Waals surface area contributed by atoms with E-state index in [1.54, 1.807) is 0 Å². The molecule has 0 atom stereocenters. The molecule has 1 aliphatic carbocycles. The molecular formula is C45H29NOS. The lowest BCUT2D eigenvalue weighted by Gasteiger charge is -2.21. The first kappa shape index (κ1) is 26.4. The van der Waals surface area contributed by atoms with Gasteiger partial charge in [-0.1, -0.05) is 105 Å². The summed E-state index contributed by atoms with van der Waals surface area (Å²) in [5.41, 5.74) is 13.3. The fraction of sp³-hybridized carbons (Fsp3) is 0.0667. The largest absolute Gasteiger partial charge is 0.456 e. The van der Waals surface area contributed by atoms with Gasteiger partial charge in [0.1, 0.15) is 11.2 Å². The lowest BCUT2D eigenvalue weighted by Crippen LogP contribution is -2.14. The lowest BCUT2D eigenvalue weighted by molar-refractivity contribution is 0.661. The van der Waals surface area contributed by atoms with Crippen molar-refractivity contribution in [2.24, 2.45) is 0 Å². The molecule has 0 spiro atoms. The normalized spacial score (nSPS) is 13.8. The van der Waals surface area contributed by atoms with E-state index in [4.69, 9.17) is 4.42 Å². The highest BCUT2D eigenvalue weighted by Crippen LogP contribution is 2.51. The molecule has 3 heterocycles. The van der Waals surface area contributed by atoms with E-state index in [2.05, 4.69) is 158 Å². The highest BCUT2D eigenvalue weighted by Gasteiger charge is 2.36. The number of benzene rings is 7. The molecular weight excluding hydrogens is 603 g/mol. The third kappa shape index (κ3) is 3.36. The van der Waals surface area contributed by atoms with Crippen molar-refractivity contribution in [3.05, 3.63) is 151 Å². The Bertz CT molecular complexity index is 2990. The molecule has 3 aromatic heterocycles. The summed E-state index contributed by atoms with van der Waals surface area (Å²) in [7, 11) is 0. The van der Waals surface area contributed by atoms with Crippen LogP contribution in [0.5, 0.6) is 0 Å². The van der Waals surface area contributed by atoms with E-state index >= 15 is 0 Å². The number of rotatable bonds is 2. The number of furan rings is 1. The third-order valence-electron chi connectivity index (χ3n) is 10.8. The fourth-order valence-electron chi connectivity index (χ4n) is 8.58. The zero-order chi connectivity index (χ0) is 31.7. The van der Waals surface area contributed by atoms with E-state index in [-0.39, 0.29) is 5.41 Å². The topological polar surface area (TPSA) is 18.1 Å². The molecule has 48 heavy (non-hydrogen) atoms. The number of thiophene rings is 1. The molecule has 7 aromatic carbocycles. The second-order valence-corrected chi connectivity index (χ2v) is 14.7. The first-order valence-electron chi connectivity index (χ1n) is 16.6. The van der Waals surface area contributed by atoms with Crippen molar-refractivity contribution in [2.45, 2.75) is 19.3 Å². The zero-order valence-electron chi connectivity index (χ0n) is 26.5. The molecule has 3 heteroatoms. The Morgan fingerprint density at radius 2 is 1.25 bits per heavy atom. The van der Waals surface area contributed by atoms with Crippen LogP contribution in [-0.2, 0) is 5.41 Å². The van der Waals surface area contributed by atoms with Crippen molar-refractivity contribution in [3.63, 3.8) is 0 Å². The molecule has 0 saturated heterocycles.